The molecule has 4 aromatic rings. The lowest BCUT2D eigenvalue weighted by Gasteiger charge is -2.12. The monoisotopic (exact) mass is 387 g/mol. The maximum atomic E-state index is 12.9. The summed E-state index contributed by atoms with van der Waals surface area (Å²) in [6.07, 6.45) is 1.89. The standard InChI is InChI=1S/C23H25N5O/c1-15(2)18-8-10-19(11-9-18)28-16(3)13-20(17(28)4)23(29)24-14-22-26-25-21-7-5-6-12-27(21)22/h5-13,15H,14H2,1-4H3,(H,24,29). The minimum absolute atomic E-state index is 0.115. The first kappa shape index (κ1) is 18.9. The summed E-state index contributed by atoms with van der Waals surface area (Å²) in [5, 5.41) is 11.3. The van der Waals surface area contributed by atoms with Crippen LogP contribution in [0.4, 0.5) is 0 Å². The highest BCUT2D eigenvalue weighted by atomic mass is 16.1. The van der Waals surface area contributed by atoms with E-state index in [1.165, 1.54) is 5.56 Å². The molecule has 0 unspecified atom stereocenters. The number of fused-ring (bicyclic) bond motifs is 1. The molecule has 4 rings (SSSR count). The van der Waals surface area contributed by atoms with Gasteiger partial charge in [0.05, 0.1) is 12.1 Å². The largest absolute Gasteiger partial charge is 0.345 e. The molecular weight excluding hydrogens is 362 g/mol. The van der Waals surface area contributed by atoms with Crippen LogP contribution in [0, 0.1) is 13.8 Å². The number of benzene rings is 1. The maximum Gasteiger partial charge on any atom is 0.253 e. The number of rotatable bonds is 5. The molecule has 0 bridgehead atoms. The number of aromatic nitrogens is 4. The van der Waals surface area contributed by atoms with Crippen molar-refractivity contribution < 1.29 is 4.79 Å². The molecule has 1 N–H and O–H groups in total. The lowest BCUT2D eigenvalue weighted by molar-refractivity contribution is 0.0949. The van der Waals surface area contributed by atoms with Crippen LogP contribution in [-0.4, -0.2) is 25.1 Å². The highest BCUT2D eigenvalue weighted by Gasteiger charge is 2.17. The topological polar surface area (TPSA) is 64.2 Å². The van der Waals surface area contributed by atoms with Crippen molar-refractivity contribution in [1.82, 2.24) is 24.5 Å². The fourth-order valence-corrected chi connectivity index (χ4v) is 3.66. The van der Waals surface area contributed by atoms with E-state index in [0.717, 1.165) is 22.7 Å². The van der Waals surface area contributed by atoms with Crippen molar-refractivity contribution in [3.63, 3.8) is 0 Å². The fraction of sp³-hybridized carbons (Fsp3) is 0.261. The van der Waals surface area contributed by atoms with Gasteiger partial charge in [-0.05, 0) is 55.7 Å². The van der Waals surface area contributed by atoms with E-state index in [-0.39, 0.29) is 5.91 Å². The molecule has 0 spiro atoms. The highest BCUT2D eigenvalue weighted by molar-refractivity contribution is 5.95. The normalized spacial score (nSPS) is 11.3. The number of aryl methyl sites for hydroxylation is 1. The average molecular weight is 387 g/mol. The van der Waals surface area contributed by atoms with Crippen molar-refractivity contribution in [3.8, 4) is 5.69 Å². The van der Waals surface area contributed by atoms with Gasteiger partial charge in [0.2, 0.25) is 0 Å². The van der Waals surface area contributed by atoms with E-state index in [4.69, 9.17) is 0 Å². The predicted octanol–water partition coefficient (Wildman–Crippen LogP) is 4.19. The van der Waals surface area contributed by atoms with E-state index in [1.807, 2.05) is 48.7 Å². The van der Waals surface area contributed by atoms with Crippen LogP contribution < -0.4 is 5.32 Å². The van der Waals surface area contributed by atoms with E-state index in [2.05, 4.69) is 58.2 Å². The summed E-state index contributed by atoms with van der Waals surface area (Å²) in [5.41, 5.74) is 5.74. The molecule has 3 aromatic heterocycles. The third kappa shape index (κ3) is 3.53. The Morgan fingerprint density at radius 1 is 1.07 bits per heavy atom. The molecule has 0 radical (unpaired) electrons. The Morgan fingerprint density at radius 2 is 1.83 bits per heavy atom. The summed E-state index contributed by atoms with van der Waals surface area (Å²) in [7, 11) is 0. The zero-order chi connectivity index (χ0) is 20.5. The van der Waals surface area contributed by atoms with E-state index < -0.39 is 0 Å². The third-order valence-corrected chi connectivity index (χ3v) is 5.29. The zero-order valence-electron chi connectivity index (χ0n) is 17.2. The third-order valence-electron chi connectivity index (χ3n) is 5.29. The molecule has 0 atom stereocenters. The Bertz CT molecular complexity index is 1170. The van der Waals surface area contributed by atoms with Crippen molar-refractivity contribution in [1.29, 1.82) is 0 Å². The Hall–Kier alpha value is -3.41. The summed E-state index contributed by atoms with van der Waals surface area (Å²) in [4.78, 5) is 12.9. The Morgan fingerprint density at radius 3 is 2.55 bits per heavy atom. The van der Waals surface area contributed by atoms with Crippen molar-refractivity contribution in [2.45, 2.75) is 40.2 Å². The summed E-state index contributed by atoms with van der Waals surface area (Å²) in [5.74, 6) is 1.08. The number of hydrogen-bond acceptors (Lipinski definition) is 3. The molecule has 0 saturated carbocycles. The molecule has 3 heterocycles. The van der Waals surface area contributed by atoms with Crippen molar-refractivity contribution >= 4 is 11.6 Å². The molecular formula is C23H25N5O. The van der Waals surface area contributed by atoms with Gasteiger partial charge in [-0.25, -0.2) is 0 Å². The van der Waals surface area contributed by atoms with E-state index in [9.17, 15) is 4.79 Å². The van der Waals surface area contributed by atoms with Crippen molar-refractivity contribution in [3.05, 3.63) is 83.1 Å². The first-order valence-corrected chi connectivity index (χ1v) is 9.82. The first-order chi connectivity index (χ1) is 14.0. The molecule has 0 aliphatic heterocycles. The van der Waals surface area contributed by atoms with E-state index in [0.29, 0.717) is 23.9 Å². The van der Waals surface area contributed by atoms with Gasteiger partial charge < -0.3 is 9.88 Å². The molecule has 0 saturated heterocycles. The fourth-order valence-electron chi connectivity index (χ4n) is 3.66. The second-order valence-corrected chi connectivity index (χ2v) is 7.59. The number of carbonyl (C=O) groups is 1. The second kappa shape index (κ2) is 7.54. The minimum Gasteiger partial charge on any atom is -0.345 e. The van der Waals surface area contributed by atoms with E-state index in [1.54, 1.807) is 0 Å². The van der Waals surface area contributed by atoms with Gasteiger partial charge in [0.15, 0.2) is 11.5 Å². The van der Waals surface area contributed by atoms with Crippen LogP contribution >= 0.6 is 0 Å². The summed E-state index contributed by atoms with van der Waals surface area (Å²) in [6.45, 7) is 8.68. The zero-order valence-corrected chi connectivity index (χ0v) is 17.2. The van der Waals surface area contributed by atoms with Crippen LogP contribution in [-0.2, 0) is 6.54 Å². The van der Waals surface area contributed by atoms with Crippen LogP contribution in [0.1, 0.15) is 52.9 Å². The number of carbonyl (C=O) groups excluding carboxylic acids is 1. The number of hydrogen-bond donors (Lipinski definition) is 1. The predicted molar refractivity (Wildman–Crippen MR) is 113 cm³/mol. The van der Waals surface area contributed by atoms with Crippen LogP contribution in [0.5, 0.6) is 0 Å². The first-order valence-electron chi connectivity index (χ1n) is 9.82. The number of nitrogens with one attached hydrogen (secondary N) is 1. The molecule has 0 fully saturated rings. The van der Waals surface area contributed by atoms with Crippen LogP contribution in [0.2, 0.25) is 0 Å². The van der Waals surface area contributed by atoms with Crippen molar-refractivity contribution in [2.75, 3.05) is 0 Å². The number of pyridine rings is 1. The van der Waals surface area contributed by atoms with Gasteiger partial charge in [-0.1, -0.05) is 32.0 Å². The quantitative estimate of drug-likeness (QED) is 0.558. The molecule has 6 heteroatoms. The van der Waals surface area contributed by atoms with Crippen molar-refractivity contribution in [2.24, 2.45) is 0 Å². The Balaban J connectivity index is 1.56. The van der Waals surface area contributed by atoms with Crippen LogP contribution in [0.15, 0.2) is 54.7 Å². The highest BCUT2D eigenvalue weighted by Crippen LogP contribution is 2.23. The van der Waals surface area contributed by atoms with Gasteiger partial charge in [-0.3, -0.25) is 9.20 Å². The summed E-state index contributed by atoms with van der Waals surface area (Å²) < 4.78 is 3.99. The van der Waals surface area contributed by atoms with Crippen LogP contribution in [0.3, 0.4) is 0 Å². The number of nitrogens with zero attached hydrogens (tertiary/aromatic N) is 4. The molecule has 1 amide bonds. The van der Waals surface area contributed by atoms with Gasteiger partial charge in [0.25, 0.3) is 5.91 Å². The summed E-state index contributed by atoms with van der Waals surface area (Å²) in [6, 6.07) is 16.2. The second-order valence-electron chi connectivity index (χ2n) is 7.59. The summed E-state index contributed by atoms with van der Waals surface area (Å²) >= 11 is 0. The maximum absolute atomic E-state index is 12.9. The van der Waals surface area contributed by atoms with Crippen LogP contribution in [0.25, 0.3) is 11.3 Å². The van der Waals surface area contributed by atoms with Gasteiger partial charge in [0.1, 0.15) is 0 Å². The lowest BCUT2D eigenvalue weighted by atomic mass is 10.0. The van der Waals surface area contributed by atoms with Gasteiger partial charge in [0, 0.05) is 23.3 Å². The molecule has 1 aromatic carbocycles. The van der Waals surface area contributed by atoms with E-state index >= 15 is 0 Å². The SMILES string of the molecule is Cc1cc(C(=O)NCc2nnc3ccccn23)c(C)n1-c1ccc(C(C)C)cc1. The smallest absolute Gasteiger partial charge is 0.253 e. The molecule has 0 aliphatic carbocycles. The lowest BCUT2D eigenvalue weighted by Crippen LogP contribution is -2.24. The van der Waals surface area contributed by atoms with Gasteiger partial charge in [-0.2, -0.15) is 0 Å². The minimum atomic E-state index is -0.115. The Kier molecular flexibility index (Phi) is 4.92. The molecule has 148 valence electrons. The molecule has 0 aliphatic rings. The average Bonchev–Trinajstić information content (AvgIpc) is 3.26. The molecule has 29 heavy (non-hydrogen) atoms. The Labute approximate surface area is 170 Å². The number of amides is 1. The molecule has 6 nitrogen and oxygen atoms in total. The van der Waals surface area contributed by atoms with Gasteiger partial charge >= 0.3 is 0 Å². The van der Waals surface area contributed by atoms with Gasteiger partial charge in [-0.15, -0.1) is 10.2 Å².